The minimum atomic E-state index is -4.16. The maximum absolute atomic E-state index is 11.2. The lowest BCUT2D eigenvalue weighted by Gasteiger charge is -2.07. The molecule has 9 heteroatoms. The van der Waals surface area contributed by atoms with Crippen LogP contribution in [0.1, 0.15) is 5.69 Å². The molecule has 84 valence electrons. The molecule has 0 saturated carbocycles. The van der Waals surface area contributed by atoms with Gasteiger partial charge in [-0.1, -0.05) is 0 Å². The van der Waals surface area contributed by atoms with Gasteiger partial charge in [-0.2, -0.15) is 0 Å². The van der Waals surface area contributed by atoms with E-state index in [-0.39, 0.29) is 5.95 Å². The summed E-state index contributed by atoms with van der Waals surface area (Å²) in [6.07, 6.45) is -0.572. The lowest BCUT2D eigenvalue weighted by Crippen LogP contribution is -2.15. The van der Waals surface area contributed by atoms with Crippen LogP contribution in [-0.4, -0.2) is 26.0 Å². The lowest BCUT2D eigenvalue weighted by molar-refractivity contribution is 0.375. The SMILES string of the molecule is Cc1nc(NCP(=O)(O)O)[nH]c(=O)c1Br. The Bertz CT molecular complexity index is 468. The number of hydrogen-bond donors (Lipinski definition) is 4. The van der Waals surface area contributed by atoms with Gasteiger partial charge in [0.1, 0.15) is 10.8 Å². The topological polar surface area (TPSA) is 115 Å². The number of rotatable bonds is 3. The van der Waals surface area contributed by atoms with Crippen LogP contribution in [0, 0.1) is 6.92 Å². The molecule has 1 aromatic rings. The van der Waals surface area contributed by atoms with Crippen LogP contribution >= 0.6 is 23.5 Å². The Hall–Kier alpha value is -0.690. The maximum Gasteiger partial charge on any atom is 0.344 e. The Morgan fingerprint density at radius 1 is 1.60 bits per heavy atom. The summed E-state index contributed by atoms with van der Waals surface area (Å²) < 4.78 is 10.8. The first kappa shape index (κ1) is 12.4. The van der Waals surface area contributed by atoms with Crippen molar-refractivity contribution in [1.29, 1.82) is 0 Å². The number of halogens is 1. The van der Waals surface area contributed by atoms with E-state index in [2.05, 4.69) is 31.2 Å². The summed E-state index contributed by atoms with van der Waals surface area (Å²) in [6.45, 7) is 1.60. The summed E-state index contributed by atoms with van der Waals surface area (Å²) in [5.41, 5.74) is 0.0303. The maximum atomic E-state index is 11.2. The van der Waals surface area contributed by atoms with Gasteiger partial charge in [0.15, 0.2) is 0 Å². The number of aryl methyl sites for hydroxylation is 1. The van der Waals surface area contributed by atoms with Crippen LogP contribution in [0.3, 0.4) is 0 Å². The fraction of sp³-hybridized carbons (Fsp3) is 0.333. The number of H-pyrrole nitrogens is 1. The predicted molar refractivity (Wildman–Crippen MR) is 57.8 cm³/mol. The van der Waals surface area contributed by atoms with Crippen molar-refractivity contribution >= 4 is 29.5 Å². The van der Waals surface area contributed by atoms with Crippen molar-refractivity contribution in [2.75, 3.05) is 11.6 Å². The largest absolute Gasteiger partial charge is 0.344 e. The fourth-order valence-electron chi connectivity index (χ4n) is 0.833. The minimum absolute atomic E-state index is 0.0315. The molecule has 1 heterocycles. The van der Waals surface area contributed by atoms with E-state index in [1.165, 1.54) is 0 Å². The first-order valence-electron chi connectivity index (χ1n) is 3.84. The van der Waals surface area contributed by atoms with Crippen molar-refractivity contribution in [3.63, 3.8) is 0 Å². The molecule has 0 unspecified atom stereocenters. The summed E-state index contributed by atoms with van der Waals surface area (Å²) in [5, 5.41) is 2.34. The Balaban J connectivity index is 2.89. The van der Waals surface area contributed by atoms with Gasteiger partial charge in [-0.25, -0.2) is 4.98 Å². The number of aromatic nitrogens is 2. The van der Waals surface area contributed by atoms with Crippen molar-refractivity contribution in [3.8, 4) is 0 Å². The molecule has 1 rings (SSSR count). The summed E-state index contributed by atoms with van der Waals surface area (Å²) in [7, 11) is -4.16. The number of nitrogens with one attached hydrogen (secondary N) is 2. The highest BCUT2D eigenvalue weighted by atomic mass is 79.9. The van der Waals surface area contributed by atoms with E-state index in [9.17, 15) is 9.36 Å². The van der Waals surface area contributed by atoms with Crippen molar-refractivity contribution in [2.24, 2.45) is 0 Å². The second-order valence-electron chi connectivity index (χ2n) is 2.81. The van der Waals surface area contributed by atoms with Crippen LogP contribution in [-0.2, 0) is 4.57 Å². The molecule has 0 aromatic carbocycles. The average Bonchev–Trinajstić information content (AvgIpc) is 2.09. The molecule has 4 N–H and O–H groups in total. The molecule has 0 atom stereocenters. The monoisotopic (exact) mass is 297 g/mol. The number of nitrogens with zero attached hydrogens (tertiary/aromatic N) is 1. The highest BCUT2D eigenvalue weighted by molar-refractivity contribution is 9.10. The molecule has 7 nitrogen and oxygen atoms in total. The van der Waals surface area contributed by atoms with E-state index in [4.69, 9.17) is 9.79 Å². The fourth-order valence-corrected chi connectivity index (χ4v) is 1.38. The van der Waals surface area contributed by atoms with Gasteiger partial charge in [0.25, 0.3) is 5.56 Å². The molecule has 0 aliphatic rings. The quantitative estimate of drug-likeness (QED) is 0.600. The van der Waals surface area contributed by atoms with Crippen LogP contribution in [0.5, 0.6) is 0 Å². The second-order valence-corrected chi connectivity index (χ2v) is 5.25. The Kier molecular flexibility index (Phi) is 3.67. The average molecular weight is 298 g/mol. The van der Waals surface area contributed by atoms with E-state index >= 15 is 0 Å². The van der Waals surface area contributed by atoms with Crippen molar-refractivity contribution in [3.05, 3.63) is 20.5 Å². The molecule has 0 radical (unpaired) electrons. The van der Waals surface area contributed by atoms with Crippen LogP contribution in [0.2, 0.25) is 0 Å². The Morgan fingerprint density at radius 2 is 2.20 bits per heavy atom. The molecule has 0 spiro atoms. The zero-order valence-electron chi connectivity index (χ0n) is 7.69. The normalized spacial score (nSPS) is 11.5. The van der Waals surface area contributed by atoms with Crippen LogP contribution in [0.15, 0.2) is 9.27 Å². The van der Waals surface area contributed by atoms with E-state index in [1.54, 1.807) is 6.92 Å². The first-order chi connectivity index (χ1) is 6.79. The molecular formula is C6H9BrN3O4P. The molecule has 1 aromatic heterocycles. The number of hydrogen-bond acceptors (Lipinski definition) is 4. The molecular weight excluding hydrogens is 289 g/mol. The standard InChI is InChI=1S/C6H9BrN3O4P/c1-3-4(7)5(11)10-6(9-3)8-2-15(12,13)14/h2H2,1H3,(H2,12,13,14)(H2,8,9,10,11). The van der Waals surface area contributed by atoms with Gasteiger partial charge in [-0.3, -0.25) is 14.3 Å². The summed E-state index contributed by atoms with van der Waals surface area (Å²) in [6, 6.07) is 0. The van der Waals surface area contributed by atoms with Crippen molar-refractivity contribution < 1.29 is 14.4 Å². The van der Waals surface area contributed by atoms with Gasteiger partial charge in [0.05, 0.1) is 5.69 Å². The highest BCUT2D eigenvalue weighted by Gasteiger charge is 2.13. The third-order valence-electron chi connectivity index (χ3n) is 1.48. The third-order valence-corrected chi connectivity index (χ3v) is 2.98. The van der Waals surface area contributed by atoms with Crippen LogP contribution < -0.4 is 10.9 Å². The smallest absolute Gasteiger partial charge is 0.344 e. The van der Waals surface area contributed by atoms with Crippen LogP contribution in [0.25, 0.3) is 0 Å². The van der Waals surface area contributed by atoms with Crippen molar-refractivity contribution in [1.82, 2.24) is 9.97 Å². The number of aromatic amines is 1. The first-order valence-corrected chi connectivity index (χ1v) is 6.43. The van der Waals surface area contributed by atoms with Gasteiger partial charge in [-0.05, 0) is 22.9 Å². The van der Waals surface area contributed by atoms with E-state index in [0.29, 0.717) is 10.2 Å². The highest BCUT2D eigenvalue weighted by Crippen LogP contribution is 2.33. The summed E-state index contributed by atoms with van der Waals surface area (Å²) in [4.78, 5) is 34.6. The minimum Gasteiger partial charge on any atom is -0.344 e. The zero-order chi connectivity index (χ0) is 11.6. The predicted octanol–water partition coefficient (Wildman–Crippen LogP) is 0.388. The van der Waals surface area contributed by atoms with E-state index < -0.39 is 19.4 Å². The third kappa shape index (κ3) is 3.75. The Labute approximate surface area is 93.2 Å². The molecule has 0 aliphatic carbocycles. The zero-order valence-corrected chi connectivity index (χ0v) is 10.2. The molecule has 0 saturated heterocycles. The van der Waals surface area contributed by atoms with Crippen molar-refractivity contribution in [2.45, 2.75) is 6.92 Å². The molecule has 0 bridgehead atoms. The summed E-state index contributed by atoms with van der Waals surface area (Å²) >= 11 is 3.02. The van der Waals surface area contributed by atoms with Crippen LogP contribution in [0.4, 0.5) is 5.95 Å². The van der Waals surface area contributed by atoms with Gasteiger partial charge in [-0.15, -0.1) is 0 Å². The molecule has 0 aliphatic heterocycles. The van der Waals surface area contributed by atoms with Gasteiger partial charge in [0.2, 0.25) is 5.95 Å². The van der Waals surface area contributed by atoms with Gasteiger partial charge >= 0.3 is 7.60 Å². The second kappa shape index (κ2) is 4.44. The van der Waals surface area contributed by atoms with Gasteiger partial charge < -0.3 is 15.1 Å². The number of anilines is 1. The molecule has 15 heavy (non-hydrogen) atoms. The summed E-state index contributed by atoms with van der Waals surface area (Å²) in [5.74, 6) is 0.0315. The van der Waals surface area contributed by atoms with E-state index in [0.717, 1.165) is 0 Å². The molecule has 0 fully saturated rings. The van der Waals surface area contributed by atoms with Gasteiger partial charge in [0, 0.05) is 0 Å². The van der Waals surface area contributed by atoms with E-state index in [1.807, 2.05) is 0 Å². The Morgan fingerprint density at radius 3 is 2.67 bits per heavy atom. The lowest BCUT2D eigenvalue weighted by atomic mass is 10.4. The molecule has 0 amide bonds.